The molecule has 0 atom stereocenters. The maximum Gasteiger partial charge on any atom is 0.197 e. The molecule has 0 radical (unpaired) electrons. The third-order valence-corrected chi connectivity index (χ3v) is 4.15. The molecule has 5 heteroatoms. The van der Waals surface area contributed by atoms with Crippen molar-refractivity contribution in [1.29, 1.82) is 0 Å². The lowest BCUT2D eigenvalue weighted by atomic mass is 10.1. The summed E-state index contributed by atoms with van der Waals surface area (Å²) in [5.41, 5.74) is 1.84. The first kappa shape index (κ1) is 13.1. The van der Waals surface area contributed by atoms with Gasteiger partial charge in [0.2, 0.25) is 0 Å². The zero-order valence-electron chi connectivity index (χ0n) is 12.1. The number of aromatic nitrogens is 1. The number of hydrogen-bond donors (Lipinski definition) is 2. The van der Waals surface area contributed by atoms with Crippen LogP contribution in [0, 0.1) is 0 Å². The lowest BCUT2D eigenvalue weighted by Gasteiger charge is -2.09. The van der Waals surface area contributed by atoms with Crippen LogP contribution in [0.5, 0.6) is 5.75 Å². The zero-order valence-corrected chi connectivity index (χ0v) is 12.1. The van der Waals surface area contributed by atoms with Crippen molar-refractivity contribution in [3.05, 3.63) is 35.7 Å². The second-order valence-corrected chi connectivity index (χ2v) is 5.72. The third kappa shape index (κ3) is 2.39. The van der Waals surface area contributed by atoms with E-state index in [2.05, 4.69) is 15.3 Å². The second kappa shape index (κ2) is 5.33. The predicted molar refractivity (Wildman–Crippen MR) is 86.5 cm³/mol. The van der Waals surface area contributed by atoms with Crippen molar-refractivity contribution in [3.8, 4) is 5.75 Å². The highest BCUT2D eigenvalue weighted by Crippen LogP contribution is 2.35. The van der Waals surface area contributed by atoms with E-state index < -0.39 is 0 Å². The Morgan fingerprint density at radius 3 is 3.05 bits per heavy atom. The second-order valence-electron chi connectivity index (χ2n) is 5.72. The van der Waals surface area contributed by atoms with E-state index in [1.807, 2.05) is 12.1 Å². The van der Waals surface area contributed by atoms with Crippen molar-refractivity contribution in [3.63, 3.8) is 0 Å². The molecule has 0 amide bonds. The summed E-state index contributed by atoms with van der Waals surface area (Å²) in [5, 5.41) is 13.4. The standard InChI is InChI=1S/C17H17N3O2/c21-14-9-16(20-12-4-1-2-5-12)22-15(14)8-11-10-19-17-13(11)6-3-7-18-17/h3,6-10,12,20-21H,1-2,4-5H2. The van der Waals surface area contributed by atoms with Crippen LogP contribution in [0.3, 0.4) is 0 Å². The van der Waals surface area contributed by atoms with Gasteiger partial charge < -0.3 is 14.8 Å². The van der Waals surface area contributed by atoms with Gasteiger partial charge in [0.05, 0.1) is 0 Å². The number of nitrogens with zero attached hydrogens (tertiary/aromatic N) is 2. The van der Waals surface area contributed by atoms with Crippen molar-refractivity contribution in [2.24, 2.45) is 4.99 Å². The van der Waals surface area contributed by atoms with E-state index in [4.69, 9.17) is 4.42 Å². The maximum absolute atomic E-state index is 10.1. The molecule has 0 unspecified atom stereocenters. The van der Waals surface area contributed by atoms with Crippen LogP contribution < -0.4 is 5.32 Å². The van der Waals surface area contributed by atoms with Crippen LogP contribution in [0.15, 0.2) is 33.8 Å². The van der Waals surface area contributed by atoms with Crippen LogP contribution in [-0.2, 0) is 0 Å². The van der Waals surface area contributed by atoms with Gasteiger partial charge in [0, 0.05) is 35.7 Å². The molecule has 1 fully saturated rings. The first-order valence-corrected chi connectivity index (χ1v) is 7.60. The van der Waals surface area contributed by atoms with Gasteiger partial charge in [0.1, 0.15) is 0 Å². The average molecular weight is 295 g/mol. The lowest BCUT2D eigenvalue weighted by molar-refractivity contribution is 0.455. The van der Waals surface area contributed by atoms with Gasteiger partial charge in [-0.25, -0.2) is 9.98 Å². The monoisotopic (exact) mass is 295 g/mol. The van der Waals surface area contributed by atoms with Crippen LogP contribution in [0.25, 0.3) is 11.6 Å². The number of pyridine rings is 1. The molecular formula is C17H17N3O2. The third-order valence-electron chi connectivity index (χ3n) is 4.15. The summed E-state index contributed by atoms with van der Waals surface area (Å²) >= 11 is 0. The highest BCUT2D eigenvalue weighted by molar-refractivity contribution is 6.20. The summed E-state index contributed by atoms with van der Waals surface area (Å²) in [7, 11) is 0. The fourth-order valence-electron chi connectivity index (χ4n) is 3.02. The number of aliphatic imine (C=N–C) groups is 1. The summed E-state index contributed by atoms with van der Waals surface area (Å²) in [5.74, 6) is 1.90. The minimum Gasteiger partial charge on any atom is -0.504 e. The maximum atomic E-state index is 10.1. The molecule has 22 heavy (non-hydrogen) atoms. The molecule has 3 heterocycles. The smallest absolute Gasteiger partial charge is 0.197 e. The van der Waals surface area contributed by atoms with Gasteiger partial charge in [-0.1, -0.05) is 12.8 Å². The van der Waals surface area contributed by atoms with Crippen molar-refractivity contribution in [1.82, 2.24) is 4.98 Å². The first-order chi connectivity index (χ1) is 10.8. The Labute approximate surface area is 128 Å². The highest BCUT2D eigenvalue weighted by Gasteiger charge is 2.18. The molecule has 0 saturated heterocycles. The minimum absolute atomic E-state index is 0.138. The van der Waals surface area contributed by atoms with E-state index in [1.54, 1.807) is 24.6 Å². The van der Waals surface area contributed by atoms with Gasteiger partial charge in [-0.3, -0.25) is 0 Å². The number of rotatable bonds is 3. The Morgan fingerprint density at radius 2 is 2.18 bits per heavy atom. The van der Waals surface area contributed by atoms with Crippen molar-refractivity contribution < 1.29 is 9.52 Å². The van der Waals surface area contributed by atoms with Crippen LogP contribution in [0.2, 0.25) is 0 Å². The molecule has 4 rings (SSSR count). The minimum atomic E-state index is 0.138. The van der Waals surface area contributed by atoms with E-state index in [0.717, 1.165) is 24.0 Å². The summed E-state index contributed by atoms with van der Waals surface area (Å²) < 4.78 is 5.73. The van der Waals surface area contributed by atoms with E-state index in [1.165, 1.54) is 12.8 Å². The van der Waals surface area contributed by atoms with Gasteiger partial charge >= 0.3 is 0 Å². The first-order valence-electron chi connectivity index (χ1n) is 7.60. The van der Waals surface area contributed by atoms with Crippen molar-refractivity contribution >= 4 is 29.6 Å². The predicted octanol–water partition coefficient (Wildman–Crippen LogP) is 3.99. The highest BCUT2D eigenvalue weighted by atomic mass is 16.4. The Morgan fingerprint density at radius 1 is 1.32 bits per heavy atom. The van der Waals surface area contributed by atoms with Gasteiger partial charge in [-0.2, -0.15) is 0 Å². The zero-order chi connectivity index (χ0) is 14.9. The average Bonchev–Trinajstić information content (AvgIpc) is 3.23. The fraction of sp³-hybridized carbons (Fsp3) is 0.294. The van der Waals surface area contributed by atoms with Gasteiger partial charge in [-0.05, 0) is 31.1 Å². The number of hydrogen-bond acceptors (Lipinski definition) is 5. The van der Waals surface area contributed by atoms with Crippen molar-refractivity contribution in [2.75, 3.05) is 5.32 Å². The Bertz CT molecular complexity index is 755. The van der Waals surface area contributed by atoms with Gasteiger partial charge in [-0.15, -0.1) is 0 Å². The quantitative estimate of drug-likeness (QED) is 0.898. The lowest BCUT2D eigenvalue weighted by Crippen LogP contribution is -2.13. The molecule has 2 N–H and O–H groups in total. The number of furan rings is 1. The number of fused-ring (bicyclic) bond motifs is 1. The Balaban J connectivity index is 1.60. The molecule has 1 aliphatic heterocycles. The summed E-state index contributed by atoms with van der Waals surface area (Å²) in [6, 6.07) is 5.92. The normalized spacial score (nSPS) is 19.0. The number of anilines is 1. The summed E-state index contributed by atoms with van der Waals surface area (Å²) in [6.07, 6.45) is 10.1. The molecule has 112 valence electrons. The van der Waals surface area contributed by atoms with Crippen LogP contribution >= 0.6 is 0 Å². The topological polar surface area (TPSA) is 70.7 Å². The Kier molecular flexibility index (Phi) is 3.18. The SMILES string of the molecule is Oc1cc(NC2CCCC2)oc1C=C1C=Nc2ncccc21. The Hall–Kier alpha value is -2.56. The molecule has 1 aliphatic carbocycles. The van der Waals surface area contributed by atoms with E-state index in [9.17, 15) is 5.11 Å². The van der Waals surface area contributed by atoms with Crippen LogP contribution in [-0.4, -0.2) is 22.3 Å². The van der Waals surface area contributed by atoms with Crippen LogP contribution in [0.1, 0.15) is 37.0 Å². The molecule has 0 aromatic carbocycles. The van der Waals surface area contributed by atoms with Crippen molar-refractivity contribution in [2.45, 2.75) is 31.7 Å². The summed E-state index contributed by atoms with van der Waals surface area (Å²) in [4.78, 5) is 8.46. The molecule has 5 nitrogen and oxygen atoms in total. The van der Waals surface area contributed by atoms with E-state index >= 15 is 0 Å². The number of nitrogens with one attached hydrogen (secondary N) is 1. The largest absolute Gasteiger partial charge is 0.504 e. The molecule has 1 saturated carbocycles. The molecule has 0 bridgehead atoms. The number of allylic oxidation sites excluding steroid dienone is 1. The fourth-order valence-corrected chi connectivity index (χ4v) is 3.02. The number of aromatic hydroxyl groups is 1. The van der Waals surface area contributed by atoms with E-state index in [-0.39, 0.29) is 5.75 Å². The van der Waals surface area contributed by atoms with Crippen LogP contribution in [0.4, 0.5) is 11.7 Å². The molecule has 2 aromatic heterocycles. The molecule has 2 aliphatic rings. The summed E-state index contributed by atoms with van der Waals surface area (Å²) in [6.45, 7) is 0. The van der Waals surface area contributed by atoms with Gasteiger partial charge in [0.25, 0.3) is 0 Å². The van der Waals surface area contributed by atoms with E-state index in [0.29, 0.717) is 23.5 Å². The molecule has 2 aromatic rings. The molecular weight excluding hydrogens is 278 g/mol. The van der Waals surface area contributed by atoms with Gasteiger partial charge in [0.15, 0.2) is 23.2 Å². The molecule has 0 spiro atoms.